The number of hydrogen-bond donors (Lipinski definition) is 2. The van der Waals surface area contributed by atoms with Gasteiger partial charge in [0, 0.05) is 43.4 Å². The monoisotopic (exact) mass is 453 g/mol. The Morgan fingerprint density at radius 3 is 2.66 bits per heavy atom. The number of benzene rings is 2. The molecule has 2 N–H and O–H groups in total. The van der Waals surface area contributed by atoms with Crippen molar-refractivity contribution in [3.05, 3.63) is 82.5 Å². The molecule has 2 aliphatic rings. The first-order valence-electron chi connectivity index (χ1n) is 11.4. The quantitative estimate of drug-likeness (QED) is 0.576. The molecule has 1 aliphatic carbocycles. The van der Waals surface area contributed by atoms with Crippen LogP contribution in [0.25, 0.3) is 6.08 Å². The smallest absolute Gasteiger partial charge is 0.102 e. The van der Waals surface area contributed by atoms with E-state index >= 15 is 0 Å². The molecule has 4 rings (SSSR count). The molecular weight excluding hydrogens is 422 g/mol. The van der Waals surface area contributed by atoms with Gasteiger partial charge in [-0.25, -0.2) is 0 Å². The molecule has 1 saturated heterocycles. The van der Waals surface area contributed by atoms with Crippen LogP contribution in [-0.2, 0) is 4.84 Å². The SMILES string of the molecule is O[C@H](CONC1=CCCCC1=Cc1ccccc1)CN1CCN(c2cccc(Cl)c2)CC1. The molecule has 1 aliphatic heterocycles. The van der Waals surface area contributed by atoms with Gasteiger partial charge < -0.3 is 10.0 Å². The van der Waals surface area contributed by atoms with Crippen LogP contribution < -0.4 is 10.4 Å². The summed E-state index contributed by atoms with van der Waals surface area (Å²) in [4.78, 5) is 10.3. The van der Waals surface area contributed by atoms with Crippen molar-refractivity contribution >= 4 is 23.4 Å². The molecule has 0 spiro atoms. The number of nitrogens with zero attached hydrogens (tertiary/aromatic N) is 2. The van der Waals surface area contributed by atoms with Crippen molar-refractivity contribution in [2.75, 3.05) is 44.2 Å². The molecule has 1 heterocycles. The van der Waals surface area contributed by atoms with Gasteiger partial charge in [-0.05, 0) is 54.7 Å². The Hall–Kier alpha value is -2.31. The number of hydroxylamine groups is 1. The van der Waals surface area contributed by atoms with E-state index in [0.29, 0.717) is 6.54 Å². The molecule has 1 atom stereocenters. The van der Waals surface area contributed by atoms with Gasteiger partial charge in [0.05, 0.1) is 11.8 Å². The Bertz CT molecular complexity index is 924. The highest BCUT2D eigenvalue weighted by atomic mass is 35.5. The molecule has 0 radical (unpaired) electrons. The Labute approximate surface area is 195 Å². The van der Waals surface area contributed by atoms with Crippen LogP contribution in [0.4, 0.5) is 5.69 Å². The Balaban J connectivity index is 1.20. The van der Waals surface area contributed by atoms with Crippen LogP contribution in [0.5, 0.6) is 0 Å². The molecule has 0 saturated carbocycles. The summed E-state index contributed by atoms with van der Waals surface area (Å²) in [6.07, 6.45) is 7.06. The third-order valence-corrected chi connectivity index (χ3v) is 6.19. The lowest BCUT2D eigenvalue weighted by Gasteiger charge is -2.36. The lowest BCUT2D eigenvalue weighted by atomic mass is 9.97. The molecule has 170 valence electrons. The van der Waals surface area contributed by atoms with E-state index in [1.165, 1.54) is 11.1 Å². The molecule has 0 aromatic heterocycles. The minimum absolute atomic E-state index is 0.254. The van der Waals surface area contributed by atoms with Gasteiger partial charge >= 0.3 is 0 Å². The van der Waals surface area contributed by atoms with Crippen molar-refractivity contribution in [1.29, 1.82) is 0 Å². The van der Waals surface area contributed by atoms with Crippen molar-refractivity contribution in [2.24, 2.45) is 0 Å². The van der Waals surface area contributed by atoms with Crippen LogP contribution in [0.15, 0.2) is 71.9 Å². The fourth-order valence-electron chi connectivity index (χ4n) is 4.24. The highest BCUT2D eigenvalue weighted by Crippen LogP contribution is 2.25. The van der Waals surface area contributed by atoms with Gasteiger partial charge in [0.15, 0.2) is 0 Å². The third kappa shape index (κ3) is 6.59. The van der Waals surface area contributed by atoms with Gasteiger partial charge in [0.25, 0.3) is 0 Å². The number of piperazine rings is 1. The number of nitrogens with one attached hydrogen (secondary N) is 1. The van der Waals surface area contributed by atoms with Crippen molar-refractivity contribution in [2.45, 2.75) is 25.4 Å². The summed E-state index contributed by atoms with van der Waals surface area (Å²) in [7, 11) is 0. The van der Waals surface area contributed by atoms with E-state index < -0.39 is 6.10 Å². The number of allylic oxidation sites excluding steroid dienone is 2. The number of aliphatic hydroxyl groups excluding tert-OH is 1. The molecule has 2 aromatic carbocycles. The zero-order valence-electron chi connectivity index (χ0n) is 18.4. The van der Waals surface area contributed by atoms with Crippen molar-refractivity contribution in [1.82, 2.24) is 10.4 Å². The largest absolute Gasteiger partial charge is 0.389 e. The number of aliphatic hydroxyl groups is 1. The Morgan fingerprint density at radius 1 is 1.06 bits per heavy atom. The fraction of sp³-hybridized carbons (Fsp3) is 0.385. The second kappa shape index (κ2) is 11.5. The summed E-state index contributed by atoms with van der Waals surface area (Å²) in [6.45, 7) is 4.53. The van der Waals surface area contributed by atoms with Crippen LogP contribution in [0, 0.1) is 0 Å². The number of β-amino-alcohol motifs (C(OH)–C–C–N with tert-alkyl or cyclic N) is 1. The van der Waals surface area contributed by atoms with Gasteiger partial charge in [0.1, 0.15) is 6.61 Å². The van der Waals surface area contributed by atoms with Gasteiger partial charge in [-0.1, -0.05) is 54.1 Å². The lowest BCUT2D eigenvalue weighted by Crippen LogP contribution is -2.49. The fourth-order valence-corrected chi connectivity index (χ4v) is 4.42. The van der Waals surface area contributed by atoms with E-state index in [9.17, 15) is 5.11 Å². The van der Waals surface area contributed by atoms with Crippen LogP contribution in [0.3, 0.4) is 0 Å². The molecule has 0 amide bonds. The maximum atomic E-state index is 10.5. The zero-order valence-corrected chi connectivity index (χ0v) is 19.2. The zero-order chi connectivity index (χ0) is 22.2. The first-order chi connectivity index (χ1) is 15.7. The van der Waals surface area contributed by atoms with Crippen molar-refractivity contribution in [3.63, 3.8) is 0 Å². The van der Waals surface area contributed by atoms with E-state index in [4.69, 9.17) is 16.4 Å². The number of rotatable bonds is 8. The maximum absolute atomic E-state index is 10.5. The number of anilines is 1. The minimum Gasteiger partial charge on any atom is -0.389 e. The summed E-state index contributed by atoms with van der Waals surface area (Å²) in [5, 5.41) is 11.2. The summed E-state index contributed by atoms with van der Waals surface area (Å²) >= 11 is 6.12. The van der Waals surface area contributed by atoms with Gasteiger partial charge in [-0.2, -0.15) is 0 Å². The summed E-state index contributed by atoms with van der Waals surface area (Å²) in [5.41, 5.74) is 7.69. The highest BCUT2D eigenvalue weighted by molar-refractivity contribution is 6.30. The van der Waals surface area contributed by atoms with E-state index in [2.05, 4.69) is 45.6 Å². The highest BCUT2D eigenvalue weighted by Gasteiger charge is 2.20. The first-order valence-corrected chi connectivity index (χ1v) is 11.8. The lowest BCUT2D eigenvalue weighted by molar-refractivity contribution is -0.0185. The van der Waals surface area contributed by atoms with Crippen LogP contribution in [-0.4, -0.2) is 55.4 Å². The van der Waals surface area contributed by atoms with Crippen LogP contribution in [0.1, 0.15) is 24.8 Å². The van der Waals surface area contributed by atoms with E-state index in [-0.39, 0.29) is 6.61 Å². The van der Waals surface area contributed by atoms with Gasteiger partial charge in [-0.15, -0.1) is 0 Å². The molecule has 0 bridgehead atoms. The molecule has 32 heavy (non-hydrogen) atoms. The van der Waals surface area contributed by atoms with E-state index in [0.717, 1.165) is 61.8 Å². The van der Waals surface area contributed by atoms with E-state index in [1.54, 1.807) is 0 Å². The van der Waals surface area contributed by atoms with E-state index in [1.807, 2.05) is 36.4 Å². The standard InChI is InChI=1S/C26H32ClN3O2/c27-23-10-6-11-24(18-23)30-15-13-29(14-16-30)19-25(31)20-32-28-26-12-5-4-9-22(26)17-21-7-2-1-3-8-21/h1-3,6-8,10-12,17-18,25,28,31H,4-5,9,13-16,19-20H2/t25-/m0/s1. The average molecular weight is 454 g/mol. The molecule has 0 unspecified atom stereocenters. The molecule has 2 aromatic rings. The van der Waals surface area contributed by atoms with Gasteiger partial charge in [-0.3, -0.25) is 15.2 Å². The first kappa shape index (κ1) is 22.9. The topological polar surface area (TPSA) is 48.0 Å². The molecular formula is C26H32ClN3O2. The molecule has 6 heteroatoms. The Morgan fingerprint density at radius 2 is 1.88 bits per heavy atom. The Kier molecular flexibility index (Phi) is 8.24. The third-order valence-electron chi connectivity index (χ3n) is 5.96. The molecule has 5 nitrogen and oxygen atoms in total. The van der Waals surface area contributed by atoms with Crippen LogP contribution >= 0.6 is 11.6 Å². The summed E-state index contributed by atoms with van der Waals surface area (Å²) in [6, 6.07) is 18.3. The predicted molar refractivity (Wildman–Crippen MR) is 132 cm³/mol. The van der Waals surface area contributed by atoms with Crippen LogP contribution in [0.2, 0.25) is 5.02 Å². The second-order valence-corrected chi connectivity index (χ2v) is 8.86. The van der Waals surface area contributed by atoms with Gasteiger partial charge in [0.2, 0.25) is 0 Å². The van der Waals surface area contributed by atoms with Crippen molar-refractivity contribution in [3.8, 4) is 0 Å². The minimum atomic E-state index is -0.536. The predicted octanol–water partition coefficient (Wildman–Crippen LogP) is 4.50. The summed E-state index contributed by atoms with van der Waals surface area (Å²) < 4.78 is 0. The maximum Gasteiger partial charge on any atom is 0.102 e. The molecule has 1 fully saturated rings. The van der Waals surface area contributed by atoms with Crippen molar-refractivity contribution < 1.29 is 9.94 Å². The normalized spacial score (nSPS) is 19.6. The summed E-state index contributed by atoms with van der Waals surface area (Å²) in [5.74, 6) is 0. The average Bonchev–Trinajstić information content (AvgIpc) is 2.81. The number of hydrogen-bond acceptors (Lipinski definition) is 5. The second-order valence-electron chi connectivity index (χ2n) is 8.42. The number of halogens is 1.